The van der Waals surface area contributed by atoms with Gasteiger partial charge in [-0.3, -0.25) is 4.79 Å². The molecule has 0 aromatic carbocycles. The molecule has 7 heteroatoms. The van der Waals surface area contributed by atoms with Crippen molar-refractivity contribution in [1.29, 1.82) is 0 Å². The molecule has 1 aliphatic rings. The lowest BCUT2D eigenvalue weighted by Crippen LogP contribution is -2.51. The van der Waals surface area contributed by atoms with Crippen LogP contribution in [0.3, 0.4) is 0 Å². The lowest BCUT2D eigenvalue weighted by Gasteiger charge is -2.20. The third-order valence-corrected chi connectivity index (χ3v) is 2.65. The highest BCUT2D eigenvalue weighted by atomic mass is 19.4. The lowest BCUT2D eigenvalue weighted by atomic mass is 10.1. The second kappa shape index (κ2) is 4.18. The molecule has 94 valence electrons. The quantitative estimate of drug-likeness (QED) is 0.757. The van der Waals surface area contributed by atoms with Crippen molar-refractivity contribution >= 4 is 5.91 Å². The van der Waals surface area contributed by atoms with Crippen LogP contribution in [0.1, 0.15) is 19.8 Å². The smallest absolute Gasteiger partial charge is 0.350 e. The molecular formula is C9H12F5NO. The summed E-state index contributed by atoms with van der Waals surface area (Å²) < 4.78 is 60.2. The van der Waals surface area contributed by atoms with Gasteiger partial charge in [0.2, 0.25) is 0 Å². The van der Waals surface area contributed by atoms with Crippen molar-refractivity contribution in [3.8, 4) is 0 Å². The number of nitrogens with one attached hydrogen (secondary N) is 1. The van der Waals surface area contributed by atoms with Crippen molar-refractivity contribution in [2.24, 2.45) is 11.8 Å². The van der Waals surface area contributed by atoms with Gasteiger partial charge in [0, 0.05) is 6.54 Å². The Balaban J connectivity index is 2.44. The fourth-order valence-electron chi connectivity index (χ4n) is 1.33. The normalized spacial score (nSPS) is 19.4. The van der Waals surface area contributed by atoms with Crippen LogP contribution >= 0.6 is 0 Å². The monoisotopic (exact) mass is 245 g/mol. The van der Waals surface area contributed by atoms with E-state index in [4.69, 9.17) is 0 Å². The van der Waals surface area contributed by atoms with Crippen LogP contribution in [-0.4, -0.2) is 24.6 Å². The first-order valence-electron chi connectivity index (χ1n) is 4.89. The molecule has 0 aliphatic heterocycles. The van der Waals surface area contributed by atoms with Gasteiger partial charge in [0.05, 0.1) is 0 Å². The van der Waals surface area contributed by atoms with Gasteiger partial charge in [-0.1, -0.05) is 6.92 Å². The summed E-state index contributed by atoms with van der Waals surface area (Å²) in [4.78, 5) is 10.7. The molecule has 0 radical (unpaired) electrons. The predicted octanol–water partition coefficient (Wildman–Crippen LogP) is 2.35. The Morgan fingerprint density at radius 1 is 1.31 bits per heavy atom. The largest absolute Gasteiger partial charge is 0.463 e. The van der Waals surface area contributed by atoms with Gasteiger partial charge < -0.3 is 5.32 Å². The van der Waals surface area contributed by atoms with Gasteiger partial charge in [-0.25, -0.2) is 0 Å². The molecule has 1 unspecified atom stereocenters. The maximum Gasteiger partial charge on any atom is 0.463 e. The number of hydrogen-bond donors (Lipinski definition) is 1. The number of halogens is 5. The maximum atomic E-state index is 12.5. The SMILES string of the molecule is CC(CNC(=O)C(F)(F)C(F)(F)F)C1CC1. The van der Waals surface area contributed by atoms with Gasteiger partial charge in [0.25, 0.3) is 5.91 Å². The zero-order valence-electron chi connectivity index (χ0n) is 8.57. The molecule has 2 nitrogen and oxygen atoms in total. The first kappa shape index (κ1) is 13.2. The van der Waals surface area contributed by atoms with E-state index in [2.05, 4.69) is 0 Å². The second-order valence-electron chi connectivity index (χ2n) is 4.10. The van der Waals surface area contributed by atoms with Crippen molar-refractivity contribution in [3.05, 3.63) is 0 Å². The van der Waals surface area contributed by atoms with Crippen molar-refractivity contribution in [1.82, 2.24) is 5.32 Å². The first-order valence-corrected chi connectivity index (χ1v) is 4.89. The van der Waals surface area contributed by atoms with E-state index < -0.39 is 18.0 Å². The van der Waals surface area contributed by atoms with Gasteiger partial charge in [0.15, 0.2) is 0 Å². The van der Waals surface area contributed by atoms with E-state index in [9.17, 15) is 26.7 Å². The zero-order chi connectivity index (χ0) is 12.6. The lowest BCUT2D eigenvalue weighted by molar-refractivity contribution is -0.269. The Labute approximate surface area is 89.2 Å². The molecule has 16 heavy (non-hydrogen) atoms. The average molecular weight is 245 g/mol. The molecule has 1 saturated carbocycles. The Kier molecular flexibility index (Phi) is 3.44. The van der Waals surface area contributed by atoms with Gasteiger partial charge in [-0.15, -0.1) is 0 Å². The van der Waals surface area contributed by atoms with Crippen LogP contribution in [0.5, 0.6) is 0 Å². The van der Waals surface area contributed by atoms with Crippen molar-refractivity contribution < 1.29 is 26.7 Å². The molecule has 0 spiro atoms. The fraction of sp³-hybridized carbons (Fsp3) is 0.889. The number of rotatable bonds is 4. The van der Waals surface area contributed by atoms with E-state index in [-0.39, 0.29) is 12.5 Å². The van der Waals surface area contributed by atoms with Crippen molar-refractivity contribution in [2.75, 3.05) is 6.54 Å². The number of amides is 1. The van der Waals surface area contributed by atoms with Gasteiger partial charge in [0.1, 0.15) is 0 Å². The minimum atomic E-state index is -5.83. The molecule has 1 fully saturated rings. The summed E-state index contributed by atoms with van der Waals surface area (Å²) >= 11 is 0. The summed E-state index contributed by atoms with van der Waals surface area (Å²) in [6.07, 6.45) is -3.96. The van der Waals surface area contributed by atoms with Crippen LogP contribution in [0.4, 0.5) is 22.0 Å². The van der Waals surface area contributed by atoms with E-state index in [0.29, 0.717) is 5.92 Å². The number of carbonyl (C=O) groups excluding carboxylic acids is 1. The summed E-state index contributed by atoms with van der Waals surface area (Å²) in [5.41, 5.74) is 0. The Hall–Kier alpha value is -0.880. The number of hydrogen-bond acceptors (Lipinski definition) is 1. The average Bonchev–Trinajstić information content (AvgIpc) is 2.94. The van der Waals surface area contributed by atoms with Crippen LogP contribution < -0.4 is 5.32 Å². The topological polar surface area (TPSA) is 29.1 Å². The molecule has 1 amide bonds. The highest BCUT2D eigenvalue weighted by molar-refractivity contribution is 5.84. The molecule has 0 aromatic rings. The molecule has 0 heterocycles. The number of alkyl halides is 5. The van der Waals surface area contributed by atoms with E-state index in [0.717, 1.165) is 12.8 Å². The van der Waals surface area contributed by atoms with Crippen LogP contribution in [0.2, 0.25) is 0 Å². The van der Waals surface area contributed by atoms with Gasteiger partial charge >= 0.3 is 12.1 Å². The van der Waals surface area contributed by atoms with E-state index in [1.807, 2.05) is 0 Å². The molecule has 0 saturated heterocycles. The van der Waals surface area contributed by atoms with Gasteiger partial charge in [-0.05, 0) is 24.7 Å². The van der Waals surface area contributed by atoms with Crippen LogP contribution in [0.25, 0.3) is 0 Å². The molecule has 0 aromatic heterocycles. The second-order valence-corrected chi connectivity index (χ2v) is 4.10. The minimum Gasteiger partial charge on any atom is -0.350 e. The summed E-state index contributed by atoms with van der Waals surface area (Å²) in [5.74, 6) is -7.31. The highest BCUT2D eigenvalue weighted by Crippen LogP contribution is 2.37. The molecular weight excluding hydrogens is 233 g/mol. The maximum absolute atomic E-state index is 12.5. The standard InChI is InChI=1S/C9H12F5NO/c1-5(6-2-3-6)4-15-7(16)8(10,11)9(12,13)14/h5-6H,2-4H2,1H3,(H,15,16). The van der Waals surface area contributed by atoms with Crippen LogP contribution in [0.15, 0.2) is 0 Å². The molecule has 0 bridgehead atoms. The summed E-state index contributed by atoms with van der Waals surface area (Å²) in [6.45, 7) is 1.57. The van der Waals surface area contributed by atoms with Gasteiger partial charge in [-0.2, -0.15) is 22.0 Å². The first-order chi connectivity index (χ1) is 7.16. The minimum absolute atomic E-state index is 0.0621. The third-order valence-electron chi connectivity index (χ3n) is 2.65. The molecule has 1 rings (SSSR count). The van der Waals surface area contributed by atoms with E-state index in [1.165, 1.54) is 0 Å². The number of carbonyl (C=O) groups is 1. The molecule has 1 aliphatic carbocycles. The summed E-state index contributed by atoms with van der Waals surface area (Å²) in [6, 6.07) is 0. The molecule has 1 N–H and O–H groups in total. The predicted molar refractivity (Wildman–Crippen MR) is 45.9 cm³/mol. The van der Waals surface area contributed by atoms with E-state index in [1.54, 1.807) is 12.2 Å². The van der Waals surface area contributed by atoms with Crippen LogP contribution in [-0.2, 0) is 4.79 Å². The Bertz CT molecular complexity index is 272. The van der Waals surface area contributed by atoms with Crippen LogP contribution in [0, 0.1) is 11.8 Å². The summed E-state index contributed by atoms with van der Waals surface area (Å²) in [5, 5.41) is 1.64. The Morgan fingerprint density at radius 3 is 2.19 bits per heavy atom. The van der Waals surface area contributed by atoms with E-state index >= 15 is 0 Å². The summed E-state index contributed by atoms with van der Waals surface area (Å²) in [7, 11) is 0. The fourth-order valence-corrected chi connectivity index (χ4v) is 1.33. The highest BCUT2D eigenvalue weighted by Gasteiger charge is 2.63. The zero-order valence-corrected chi connectivity index (χ0v) is 8.57. The van der Waals surface area contributed by atoms with Crippen molar-refractivity contribution in [2.45, 2.75) is 31.9 Å². The third kappa shape index (κ3) is 2.82. The Morgan fingerprint density at radius 2 is 1.81 bits per heavy atom. The van der Waals surface area contributed by atoms with Crippen molar-refractivity contribution in [3.63, 3.8) is 0 Å². The molecule has 1 atom stereocenters.